The quantitative estimate of drug-likeness (QED) is 0.597. The molecule has 0 bridgehead atoms. The molecule has 1 unspecified atom stereocenters. The first-order valence-electron chi connectivity index (χ1n) is 12.2. The summed E-state index contributed by atoms with van der Waals surface area (Å²) in [5.74, 6) is 1.48. The van der Waals surface area contributed by atoms with E-state index in [9.17, 15) is 8.42 Å². The molecule has 0 amide bonds. The molecule has 5 nitrogen and oxygen atoms in total. The van der Waals surface area contributed by atoms with Crippen LogP contribution in [0.5, 0.6) is 0 Å². The van der Waals surface area contributed by atoms with Crippen LogP contribution in [0.3, 0.4) is 0 Å². The molecular formula is C27H31N3O2S. The summed E-state index contributed by atoms with van der Waals surface area (Å²) in [5, 5.41) is 5.49. The Morgan fingerprint density at radius 3 is 2.52 bits per heavy atom. The van der Waals surface area contributed by atoms with Gasteiger partial charge in [0.15, 0.2) is 0 Å². The zero-order valence-corrected chi connectivity index (χ0v) is 19.7. The maximum absolute atomic E-state index is 13.2. The molecule has 6 rings (SSSR count). The van der Waals surface area contributed by atoms with E-state index in [0.29, 0.717) is 17.4 Å². The third-order valence-electron chi connectivity index (χ3n) is 7.78. The highest BCUT2D eigenvalue weighted by Crippen LogP contribution is 2.41. The number of sulfonamides is 1. The summed E-state index contributed by atoms with van der Waals surface area (Å²) in [6.45, 7) is 4.51. The van der Waals surface area contributed by atoms with E-state index in [2.05, 4.69) is 34.5 Å². The number of fused-ring (bicyclic) bond motifs is 1. The van der Waals surface area contributed by atoms with Crippen LogP contribution in [0.1, 0.15) is 24.8 Å². The first-order chi connectivity index (χ1) is 16.1. The lowest BCUT2D eigenvalue weighted by Gasteiger charge is -2.35. The lowest BCUT2D eigenvalue weighted by Crippen LogP contribution is -2.41. The maximum Gasteiger partial charge on any atom is 0.265 e. The van der Waals surface area contributed by atoms with E-state index >= 15 is 0 Å². The van der Waals surface area contributed by atoms with Gasteiger partial charge in [-0.2, -0.15) is 0 Å². The summed E-state index contributed by atoms with van der Waals surface area (Å²) in [7, 11) is -3.45. The van der Waals surface area contributed by atoms with E-state index in [1.165, 1.54) is 36.9 Å². The second-order valence-corrected chi connectivity index (χ2v) is 11.7. The molecule has 6 heteroatoms. The van der Waals surface area contributed by atoms with Gasteiger partial charge >= 0.3 is 0 Å². The summed E-state index contributed by atoms with van der Waals surface area (Å²) in [6.07, 6.45) is 4.89. The number of nitrogens with zero attached hydrogens (tertiary/aromatic N) is 2. The van der Waals surface area contributed by atoms with E-state index in [-0.39, 0.29) is 0 Å². The average molecular weight is 462 g/mol. The van der Waals surface area contributed by atoms with Crippen LogP contribution in [0.25, 0.3) is 10.8 Å². The minimum absolute atomic E-state index is 0.456. The molecule has 3 aliphatic heterocycles. The molecule has 0 saturated carbocycles. The fraction of sp³-hybridized carbons (Fsp3) is 0.407. The van der Waals surface area contributed by atoms with Crippen molar-refractivity contribution in [2.24, 2.45) is 11.8 Å². The topological polar surface area (TPSA) is 52.7 Å². The number of hydrogen-bond acceptors (Lipinski definition) is 4. The van der Waals surface area contributed by atoms with Gasteiger partial charge in [0.05, 0.1) is 10.6 Å². The van der Waals surface area contributed by atoms with E-state index in [1.807, 2.05) is 30.3 Å². The predicted octanol–water partition coefficient (Wildman–Crippen LogP) is 4.74. The predicted molar refractivity (Wildman–Crippen MR) is 134 cm³/mol. The van der Waals surface area contributed by atoms with Gasteiger partial charge in [-0.1, -0.05) is 42.5 Å². The Balaban J connectivity index is 1.05. The van der Waals surface area contributed by atoms with Crippen LogP contribution in [0, 0.1) is 11.8 Å². The summed E-state index contributed by atoms with van der Waals surface area (Å²) in [4.78, 5) is 2.90. The monoisotopic (exact) mass is 461 g/mol. The van der Waals surface area contributed by atoms with Crippen LogP contribution in [-0.2, 0) is 16.4 Å². The highest BCUT2D eigenvalue weighted by molar-refractivity contribution is 7.93. The molecule has 1 fully saturated rings. The molecule has 0 aromatic heterocycles. The normalized spacial score (nSPS) is 22.3. The van der Waals surface area contributed by atoms with Gasteiger partial charge in [-0.3, -0.25) is 4.31 Å². The number of likely N-dealkylation sites (tertiary alicyclic amines) is 1. The largest absolute Gasteiger partial charge is 0.385 e. The molecule has 3 aromatic rings. The Bertz CT molecular complexity index is 1280. The van der Waals surface area contributed by atoms with Crippen LogP contribution in [0.2, 0.25) is 0 Å². The molecule has 0 spiro atoms. The number of nitrogens with one attached hydrogen (secondary N) is 1. The number of rotatable bonds is 5. The van der Waals surface area contributed by atoms with Gasteiger partial charge in [0, 0.05) is 30.7 Å². The third-order valence-corrected chi connectivity index (χ3v) is 9.64. The average Bonchev–Trinajstić information content (AvgIpc) is 3.06. The van der Waals surface area contributed by atoms with Crippen LogP contribution in [0.15, 0.2) is 65.6 Å². The Hall–Kier alpha value is -2.57. The first kappa shape index (κ1) is 21.0. The number of para-hydroxylation sites is 1. The van der Waals surface area contributed by atoms with Crippen molar-refractivity contribution in [2.45, 2.75) is 30.6 Å². The van der Waals surface area contributed by atoms with Gasteiger partial charge in [0.25, 0.3) is 10.0 Å². The number of piperidine rings is 1. The molecule has 3 heterocycles. The van der Waals surface area contributed by atoms with Gasteiger partial charge in [0.1, 0.15) is 0 Å². The third kappa shape index (κ3) is 3.79. The number of hydrogen-bond donors (Lipinski definition) is 1. The summed E-state index contributed by atoms with van der Waals surface area (Å²) >= 11 is 0. The summed E-state index contributed by atoms with van der Waals surface area (Å²) < 4.78 is 28.0. The van der Waals surface area contributed by atoms with Gasteiger partial charge in [0.2, 0.25) is 0 Å². The van der Waals surface area contributed by atoms with Crippen LogP contribution in [0.4, 0.5) is 11.4 Å². The van der Waals surface area contributed by atoms with Crippen molar-refractivity contribution in [3.05, 3.63) is 66.2 Å². The molecular weight excluding hydrogens is 430 g/mol. The zero-order chi connectivity index (χ0) is 22.4. The molecule has 33 heavy (non-hydrogen) atoms. The van der Waals surface area contributed by atoms with Crippen LogP contribution >= 0.6 is 0 Å². The number of anilines is 2. The Morgan fingerprint density at radius 1 is 0.879 bits per heavy atom. The fourth-order valence-corrected chi connectivity index (χ4v) is 7.72. The molecule has 0 radical (unpaired) electrons. The molecule has 0 aliphatic carbocycles. The minimum atomic E-state index is -3.45. The molecule has 1 N–H and O–H groups in total. The zero-order valence-electron chi connectivity index (χ0n) is 18.9. The SMILES string of the molecule is O=S1(=O)c2cccc3cccc(c23)N1CCN1CCC(CC2CNc3ccccc3C2)CC1. The maximum atomic E-state index is 13.2. The summed E-state index contributed by atoms with van der Waals surface area (Å²) in [6, 6.07) is 20.2. The lowest BCUT2D eigenvalue weighted by atomic mass is 9.82. The van der Waals surface area contributed by atoms with E-state index < -0.39 is 10.0 Å². The van der Waals surface area contributed by atoms with Crippen molar-refractivity contribution < 1.29 is 8.42 Å². The molecule has 1 atom stereocenters. The Morgan fingerprint density at radius 2 is 1.67 bits per heavy atom. The van der Waals surface area contributed by atoms with Crippen molar-refractivity contribution >= 4 is 32.2 Å². The van der Waals surface area contributed by atoms with E-state index in [0.717, 1.165) is 48.6 Å². The van der Waals surface area contributed by atoms with Gasteiger partial charge in [-0.15, -0.1) is 0 Å². The van der Waals surface area contributed by atoms with Gasteiger partial charge in [-0.05, 0) is 79.8 Å². The smallest absolute Gasteiger partial charge is 0.265 e. The highest BCUT2D eigenvalue weighted by Gasteiger charge is 2.35. The second-order valence-electron chi connectivity index (χ2n) is 9.84. The molecule has 3 aliphatic rings. The van der Waals surface area contributed by atoms with Crippen molar-refractivity contribution in [2.75, 3.05) is 42.3 Å². The molecule has 172 valence electrons. The van der Waals surface area contributed by atoms with E-state index in [1.54, 1.807) is 10.4 Å². The van der Waals surface area contributed by atoms with Crippen molar-refractivity contribution in [3.8, 4) is 0 Å². The minimum Gasteiger partial charge on any atom is -0.385 e. The Labute approximate surface area is 196 Å². The lowest BCUT2D eigenvalue weighted by molar-refractivity contribution is 0.171. The second kappa shape index (κ2) is 8.33. The summed E-state index contributed by atoms with van der Waals surface area (Å²) in [5.41, 5.74) is 3.59. The van der Waals surface area contributed by atoms with Crippen molar-refractivity contribution in [1.82, 2.24) is 4.90 Å². The Kier molecular flexibility index (Phi) is 5.30. The fourth-order valence-electron chi connectivity index (χ4n) is 6.02. The first-order valence-corrected chi connectivity index (χ1v) is 13.6. The van der Waals surface area contributed by atoms with Gasteiger partial charge < -0.3 is 10.2 Å². The number of benzene rings is 3. The van der Waals surface area contributed by atoms with Gasteiger partial charge in [-0.25, -0.2) is 8.42 Å². The van der Waals surface area contributed by atoms with Crippen molar-refractivity contribution in [3.63, 3.8) is 0 Å². The molecule has 1 saturated heterocycles. The van der Waals surface area contributed by atoms with Crippen LogP contribution in [-0.4, -0.2) is 46.0 Å². The van der Waals surface area contributed by atoms with Crippen molar-refractivity contribution in [1.29, 1.82) is 0 Å². The van der Waals surface area contributed by atoms with E-state index in [4.69, 9.17) is 0 Å². The molecule has 3 aromatic carbocycles. The standard InChI is InChI=1S/C27H31N3O2S/c31-33(32)26-10-4-7-22-6-3-9-25(27(22)26)30(33)16-15-29-13-11-20(12-14-29)17-21-18-23-5-1-2-8-24(23)28-19-21/h1-10,20-21,28H,11-19H2. The van der Waals surface area contributed by atoms with Crippen LogP contribution < -0.4 is 9.62 Å². The highest BCUT2D eigenvalue weighted by atomic mass is 32.2.